The minimum Gasteiger partial charge on any atom is -0.333 e. The van der Waals surface area contributed by atoms with Gasteiger partial charge < -0.3 is 4.57 Å². The lowest BCUT2D eigenvalue weighted by Gasteiger charge is -2.05. The van der Waals surface area contributed by atoms with Gasteiger partial charge in [0.25, 0.3) is 0 Å². The van der Waals surface area contributed by atoms with Crippen molar-refractivity contribution in [3.05, 3.63) is 41.7 Å². The van der Waals surface area contributed by atoms with Gasteiger partial charge in [-0.3, -0.25) is 0 Å². The molecule has 0 fully saturated rings. The van der Waals surface area contributed by atoms with Crippen molar-refractivity contribution >= 4 is 11.6 Å². The number of benzene rings is 1. The molecular weight excluding hydrogens is 277 g/mol. The molecule has 0 N–H and O–H groups in total. The van der Waals surface area contributed by atoms with Gasteiger partial charge >= 0.3 is 6.18 Å². The highest BCUT2D eigenvalue weighted by molar-refractivity contribution is 6.20. The molecule has 0 saturated carbocycles. The molecule has 1 aromatic heterocycles. The van der Waals surface area contributed by atoms with Crippen LogP contribution in [0.4, 0.5) is 13.2 Å². The van der Waals surface area contributed by atoms with E-state index >= 15 is 0 Å². The van der Waals surface area contributed by atoms with E-state index in [2.05, 4.69) is 4.98 Å². The summed E-state index contributed by atoms with van der Waals surface area (Å²) in [6, 6.07) is 7.01. The summed E-state index contributed by atoms with van der Waals surface area (Å²) in [6.45, 7) is 1.83. The van der Waals surface area contributed by atoms with Crippen molar-refractivity contribution in [2.45, 2.75) is 18.5 Å². The van der Waals surface area contributed by atoms with Crippen LogP contribution in [-0.2, 0) is 13.2 Å². The highest BCUT2D eigenvalue weighted by Crippen LogP contribution is 2.31. The van der Waals surface area contributed by atoms with E-state index in [1.165, 1.54) is 11.6 Å². The van der Waals surface area contributed by atoms with Crippen LogP contribution in [0.5, 0.6) is 0 Å². The van der Waals surface area contributed by atoms with Gasteiger partial charge in [0.05, 0.1) is 5.38 Å². The molecule has 6 heteroatoms. The maximum Gasteiger partial charge on any atom is 0.434 e. The first-order valence-electron chi connectivity index (χ1n) is 5.64. The Balaban J connectivity index is 2.39. The molecule has 102 valence electrons. The maximum atomic E-state index is 12.6. The van der Waals surface area contributed by atoms with E-state index in [1.54, 1.807) is 24.3 Å². The summed E-state index contributed by atoms with van der Waals surface area (Å²) >= 11 is 5.93. The Morgan fingerprint density at radius 1 is 1.21 bits per heavy atom. The second-order valence-electron chi connectivity index (χ2n) is 4.30. The van der Waals surface area contributed by atoms with Crippen LogP contribution in [0.3, 0.4) is 0 Å². The van der Waals surface area contributed by atoms with Crippen molar-refractivity contribution in [1.82, 2.24) is 9.55 Å². The molecule has 0 aliphatic rings. The fourth-order valence-corrected chi connectivity index (χ4v) is 1.91. The predicted octanol–water partition coefficient (Wildman–Crippen LogP) is 4.41. The van der Waals surface area contributed by atoms with Gasteiger partial charge in [0.15, 0.2) is 5.69 Å². The van der Waals surface area contributed by atoms with E-state index in [4.69, 9.17) is 11.6 Å². The zero-order valence-electron chi connectivity index (χ0n) is 10.4. The van der Waals surface area contributed by atoms with Crippen LogP contribution >= 0.6 is 11.6 Å². The van der Waals surface area contributed by atoms with Crippen molar-refractivity contribution < 1.29 is 13.2 Å². The fourth-order valence-electron chi connectivity index (χ4n) is 1.77. The Labute approximate surface area is 113 Å². The van der Waals surface area contributed by atoms with E-state index in [-0.39, 0.29) is 11.2 Å². The summed E-state index contributed by atoms with van der Waals surface area (Å²) in [7, 11) is 1.54. The summed E-state index contributed by atoms with van der Waals surface area (Å²) in [6.07, 6.45) is -3.45. The molecule has 2 nitrogen and oxygen atoms in total. The van der Waals surface area contributed by atoms with E-state index in [9.17, 15) is 13.2 Å². The third kappa shape index (κ3) is 2.92. The van der Waals surface area contributed by atoms with Crippen molar-refractivity contribution in [3.63, 3.8) is 0 Å². The van der Waals surface area contributed by atoms with E-state index < -0.39 is 11.9 Å². The Hall–Kier alpha value is -1.49. The molecule has 0 amide bonds. The van der Waals surface area contributed by atoms with Gasteiger partial charge in [-0.05, 0) is 12.5 Å². The lowest BCUT2D eigenvalue weighted by atomic mass is 10.1. The zero-order valence-corrected chi connectivity index (χ0v) is 11.1. The monoisotopic (exact) mass is 288 g/mol. The van der Waals surface area contributed by atoms with Gasteiger partial charge in [0, 0.05) is 18.8 Å². The summed E-state index contributed by atoms with van der Waals surface area (Å²) < 4.78 is 39.1. The smallest absolute Gasteiger partial charge is 0.333 e. The van der Waals surface area contributed by atoms with Crippen LogP contribution in [0.1, 0.15) is 23.6 Å². The number of hydrogen-bond donors (Lipinski definition) is 0. The Morgan fingerprint density at radius 2 is 1.79 bits per heavy atom. The number of aryl methyl sites for hydroxylation is 1. The lowest BCUT2D eigenvalue weighted by molar-refractivity contribution is -0.140. The molecule has 0 aliphatic heterocycles. The Kier molecular flexibility index (Phi) is 3.58. The molecule has 0 spiro atoms. The van der Waals surface area contributed by atoms with Crippen molar-refractivity contribution in [3.8, 4) is 11.4 Å². The van der Waals surface area contributed by atoms with Crippen molar-refractivity contribution in [2.75, 3.05) is 0 Å². The number of nitrogens with zero attached hydrogens (tertiary/aromatic N) is 2. The van der Waals surface area contributed by atoms with Gasteiger partial charge in [-0.2, -0.15) is 13.2 Å². The first-order chi connectivity index (χ1) is 8.79. The number of alkyl halides is 4. The van der Waals surface area contributed by atoms with Gasteiger partial charge in [-0.15, -0.1) is 11.6 Å². The first kappa shape index (κ1) is 13.9. The third-order valence-electron chi connectivity index (χ3n) is 2.80. The number of hydrogen-bond acceptors (Lipinski definition) is 1. The van der Waals surface area contributed by atoms with E-state index in [0.29, 0.717) is 5.56 Å². The number of imidazole rings is 1. The molecule has 1 heterocycles. The number of halogens is 4. The molecule has 0 bridgehead atoms. The standard InChI is InChI=1S/C13H12ClF3N2/c1-8(14)9-3-5-10(6-4-9)12-18-11(7-19(12)2)13(15,16)17/h3-8H,1-2H3. The van der Waals surface area contributed by atoms with Crippen molar-refractivity contribution in [2.24, 2.45) is 7.05 Å². The molecule has 2 aromatic rings. The van der Waals surface area contributed by atoms with E-state index in [1.807, 2.05) is 6.92 Å². The molecule has 2 rings (SSSR count). The van der Waals surface area contributed by atoms with Crippen LogP contribution in [-0.4, -0.2) is 9.55 Å². The SMILES string of the molecule is CC(Cl)c1ccc(-c2nc(C(F)(F)F)cn2C)cc1. The number of rotatable bonds is 2. The van der Waals surface area contributed by atoms with Crippen LogP contribution in [0.25, 0.3) is 11.4 Å². The fraction of sp³-hybridized carbons (Fsp3) is 0.308. The molecule has 19 heavy (non-hydrogen) atoms. The van der Waals surface area contributed by atoms with Crippen molar-refractivity contribution in [1.29, 1.82) is 0 Å². The molecule has 1 atom stereocenters. The normalized spacial score (nSPS) is 13.6. The summed E-state index contributed by atoms with van der Waals surface area (Å²) in [5.74, 6) is 0.279. The maximum absolute atomic E-state index is 12.6. The minimum absolute atomic E-state index is 0.138. The number of aromatic nitrogens is 2. The highest BCUT2D eigenvalue weighted by Gasteiger charge is 2.34. The minimum atomic E-state index is -4.43. The van der Waals surface area contributed by atoms with Gasteiger partial charge in [0.1, 0.15) is 5.82 Å². The summed E-state index contributed by atoms with van der Waals surface area (Å²) in [5.41, 5.74) is 0.648. The molecule has 0 saturated heterocycles. The lowest BCUT2D eigenvalue weighted by Crippen LogP contribution is -2.04. The molecule has 1 aromatic carbocycles. The zero-order chi connectivity index (χ0) is 14.2. The predicted molar refractivity (Wildman–Crippen MR) is 67.9 cm³/mol. The quantitative estimate of drug-likeness (QED) is 0.749. The highest BCUT2D eigenvalue weighted by atomic mass is 35.5. The van der Waals surface area contributed by atoms with Gasteiger partial charge in [-0.1, -0.05) is 24.3 Å². The average Bonchev–Trinajstić information content (AvgIpc) is 2.71. The average molecular weight is 289 g/mol. The second kappa shape index (κ2) is 4.89. The van der Waals surface area contributed by atoms with Gasteiger partial charge in [-0.25, -0.2) is 4.98 Å². The second-order valence-corrected chi connectivity index (χ2v) is 4.95. The molecule has 1 unspecified atom stereocenters. The van der Waals surface area contributed by atoms with E-state index in [0.717, 1.165) is 11.8 Å². The van der Waals surface area contributed by atoms with Crippen LogP contribution < -0.4 is 0 Å². The first-order valence-corrected chi connectivity index (χ1v) is 6.07. The Bertz CT molecular complexity index is 571. The largest absolute Gasteiger partial charge is 0.434 e. The van der Waals surface area contributed by atoms with Crippen LogP contribution in [0, 0.1) is 0 Å². The third-order valence-corrected chi connectivity index (χ3v) is 3.05. The summed E-state index contributed by atoms with van der Waals surface area (Å²) in [5, 5.41) is -0.138. The van der Waals surface area contributed by atoms with Crippen LogP contribution in [0.2, 0.25) is 0 Å². The molecule has 0 aliphatic carbocycles. The molecular formula is C13H12ClF3N2. The molecule has 0 radical (unpaired) electrons. The van der Waals surface area contributed by atoms with Gasteiger partial charge in [0.2, 0.25) is 0 Å². The topological polar surface area (TPSA) is 17.8 Å². The Morgan fingerprint density at radius 3 is 2.21 bits per heavy atom. The summed E-state index contributed by atoms with van der Waals surface area (Å²) in [4.78, 5) is 3.63. The van der Waals surface area contributed by atoms with Crippen LogP contribution in [0.15, 0.2) is 30.5 Å².